The Bertz CT molecular complexity index is 356. The van der Waals surface area contributed by atoms with Gasteiger partial charge in [0.2, 0.25) is 0 Å². The molecule has 0 atom stereocenters. The molecule has 0 aliphatic heterocycles. The minimum Gasteiger partial charge on any atom is -0.144 e. The molecule has 12 heavy (non-hydrogen) atoms. The van der Waals surface area contributed by atoms with Gasteiger partial charge in [-0.1, -0.05) is 6.07 Å². The van der Waals surface area contributed by atoms with E-state index in [1.165, 1.54) is 18.7 Å². The van der Waals surface area contributed by atoms with Gasteiger partial charge in [-0.05, 0) is 43.3 Å². The molecule has 0 radical (unpaired) electrons. The Morgan fingerprint density at radius 1 is 1.17 bits per heavy atom. The number of hydrogen-bond donors (Lipinski definition) is 0. The fourth-order valence-corrected chi connectivity index (χ4v) is 4.53. The lowest BCUT2D eigenvalue weighted by molar-refractivity contribution is 1.80. The van der Waals surface area contributed by atoms with Gasteiger partial charge >= 0.3 is 0 Å². The summed E-state index contributed by atoms with van der Waals surface area (Å²) in [6.45, 7) is 0. The molecule has 0 fully saturated rings. The zero-order chi connectivity index (χ0) is 8.55. The molecule has 0 unspecified atom stereocenters. The quantitative estimate of drug-likeness (QED) is 0.692. The lowest BCUT2D eigenvalue weighted by Gasteiger charge is -1.94. The molecule has 2 heterocycles. The van der Waals surface area contributed by atoms with Crippen LogP contribution in [0.15, 0.2) is 31.2 Å². The molecule has 0 bridgehead atoms. The maximum atomic E-state index is 3.53. The summed E-state index contributed by atoms with van der Waals surface area (Å²) < 4.78 is 2.36. The first-order chi connectivity index (χ1) is 5.79. The molecule has 4 heteroatoms. The smallest absolute Gasteiger partial charge is 0.0796 e. The highest BCUT2D eigenvalue weighted by Crippen LogP contribution is 2.41. The Labute approximate surface area is 95.5 Å². The van der Waals surface area contributed by atoms with Crippen molar-refractivity contribution in [3.63, 3.8) is 0 Å². The van der Waals surface area contributed by atoms with E-state index in [1.807, 2.05) is 0 Å². The molecular weight excluding hydrogens is 320 g/mol. The van der Waals surface area contributed by atoms with Crippen LogP contribution in [0.1, 0.15) is 0 Å². The van der Waals surface area contributed by atoms with E-state index in [-0.39, 0.29) is 0 Å². The van der Waals surface area contributed by atoms with Crippen LogP contribution in [0.5, 0.6) is 0 Å². The van der Waals surface area contributed by atoms with Gasteiger partial charge in [-0.25, -0.2) is 0 Å². The minimum absolute atomic E-state index is 1.17. The highest BCUT2D eigenvalue weighted by molar-refractivity contribution is 9.11. The fourth-order valence-electron chi connectivity index (χ4n) is 0.951. The minimum atomic E-state index is 1.17. The fraction of sp³-hybridized carbons (Fsp3) is 0. The van der Waals surface area contributed by atoms with Crippen LogP contribution < -0.4 is 0 Å². The molecule has 0 saturated heterocycles. The summed E-state index contributed by atoms with van der Waals surface area (Å²) in [5, 5.41) is 4.19. The van der Waals surface area contributed by atoms with Crippen LogP contribution in [0.2, 0.25) is 0 Å². The largest absolute Gasteiger partial charge is 0.144 e. The van der Waals surface area contributed by atoms with Crippen molar-refractivity contribution < 1.29 is 0 Å². The van der Waals surface area contributed by atoms with Crippen molar-refractivity contribution in [2.24, 2.45) is 0 Å². The average Bonchev–Trinajstić information content (AvgIpc) is 2.61. The molecule has 0 aliphatic rings. The Balaban J connectivity index is 2.60. The van der Waals surface area contributed by atoms with Crippen LogP contribution in [-0.2, 0) is 0 Å². The second-order valence-corrected chi connectivity index (χ2v) is 6.21. The van der Waals surface area contributed by atoms with E-state index in [0.29, 0.717) is 0 Å². The summed E-state index contributed by atoms with van der Waals surface area (Å²) >= 11 is 10.5. The number of thiophene rings is 2. The maximum Gasteiger partial charge on any atom is 0.0796 e. The van der Waals surface area contributed by atoms with Crippen LogP contribution in [0, 0.1) is 0 Å². The molecule has 0 saturated carbocycles. The van der Waals surface area contributed by atoms with Crippen LogP contribution in [-0.4, -0.2) is 0 Å². The van der Waals surface area contributed by atoms with Gasteiger partial charge < -0.3 is 0 Å². The van der Waals surface area contributed by atoms with Gasteiger partial charge in [0.15, 0.2) is 0 Å². The van der Waals surface area contributed by atoms with Crippen molar-refractivity contribution >= 4 is 54.5 Å². The first kappa shape index (κ1) is 8.94. The van der Waals surface area contributed by atoms with Crippen molar-refractivity contribution in [2.45, 2.75) is 0 Å². The molecule has 0 amide bonds. The van der Waals surface area contributed by atoms with Crippen molar-refractivity contribution in [3.05, 3.63) is 31.2 Å². The predicted octanol–water partition coefficient (Wildman–Crippen LogP) is 5.00. The zero-order valence-electron chi connectivity index (χ0n) is 5.88. The topological polar surface area (TPSA) is 0 Å². The first-order valence-electron chi connectivity index (χ1n) is 3.25. The highest BCUT2D eigenvalue weighted by Gasteiger charge is 2.09. The molecular formula is C8H4Br2S2. The Morgan fingerprint density at radius 2 is 2.00 bits per heavy atom. The van der Waals surface area contributed by atoms with Crippen molar-refractivity contribution in [2.75, 3.05) is 0 Å². The molecule has 0 N–H and O–H groups in total. The normalized spacial score (nSPS) is 10.5. The Hall–Kier alpha value is 0.360. The van der Waals surface area contributed by atoms with E-state index in [2.05, 4.69) is 54.8 Å². The average molecular weight is 324 g/mol. The second kappa shape index (κ2) is 3.62. The highest BCUT2D eigenvalue weighted by atomic mass is 79.9. The molecule has 0 aromatic carbocycles. The van der Waals surface area contributed by atoms with E-state index < -0.39 is 0 Å². The zero-order valence-corrected chi connectivity index (χ0v) is 10.7. The molecule has 62 valence electrons. The molecule has 2 aromatic heterocycles. The number of rotatable bonds is 1. The lowest BCUT2D eigenvalue weighted by Crippen LogP contribution is -1.66. The van der Waals surface area contributed by atoms with Gasteiger partial charge in [0.05, 0.1) is 3.79 Å². The molecule has 0 nitrogen and oxygen atoms in total. The second-order valence-electron chi connectivity index (χ2n) is 2.21. The molecule has 0 spiro atoms. The monoisotopic (exact) mass is 322 g/mol. The molecule has 2 rings (SSSR count). The summed E-state index contributed by atoms with van der Waals surface area (Å²) in [4.78, 5) is 1.30. The predicted molar refractivity (Wildman–Crippen MR) is 63.0 cm³/mol. The summed E-state index contributed by atoms with van der Waals surface area (Å²) in [6, 6.07) is 4.19. The van der Waals surface area contributed by atoms with E-state index in [1.54, 1.807) is 22.7 Å². The van der Waals surface area contributed by atoms with E-state index in [0.717, 1.165) is 0 Å². The van der Waals surface area contributed by atoms with Gasteiger partial charge in [-0.15, -0.1) is 22.7 Å². The van der Waals surface area contributed by atoms with Crippen molar-refractivity contribution in [3.8, 4) is 10.4 Å². The maximum absolute atomic E-state index is 3.53. The van der Waals surface area contributed by atoms with E-state index in [4.69, 9.17) is 0 Å². The summed E-state index contributed by atoms with van der Waals surface area (Å²) in [5.74, 6) is 0. The van der Waals surface area contributed by atoms with E-state index >= 15 is 0 Å². The standard InChI is InChI=1S/C8H4Br2S2/c9-5-4-12-8(10)7(5)6-2-1-3-11-6/h1-4H. The summed E-state index contributed by atoms with van der Waals surface area (Å²) in [6.07, 6.45) is 0. The third kappa shape index (κ3) is 1.53. The molecule has 2 aromatic rings. The van der Waals surface area contributed by atoms with Crippen LogP contribution in [0.3, 0.4) is 0 Å². The summed E-state index contributed by atoms with van der Waals surface area (Å²) in [5.41, 5.74) is 1.27. The van der Waals surface area contributed by atoms with Crippen LogP contribution in [0.4, 0.5) is 0 Å². The van der Waals surface area contributed by atoms with Gasteiger partial charge in [0.25, 0.3) is 0 Å². The van der Waals surface area contributed by atoms with E-state index in [9.17, 15) is 0 Å². The van der Waals surface area contributed by atoms with Gasteiger partial charge in [-0.3, -0.25) is 0 Å². The molecule has 0 aliphatic carbocycles. The lowest BCUT2D eigenvalue weighted by atomic mass is 10.3. The van der Waals surface area contributed by atoms with Crippen LogP contribution in [0.25, 0.3) is 10.4 Å². The SMILES string of the molecule is Brc1csc(Br)c1-c1cccs1. The number of halogens is 2. The Kier molecular flexibility index (Phi) is 2.69. The van der Waals surface area contributed by atoms with Gasteiger partial charge in [0, 0.05) is 20.3 Å². The third-order valence-corrected chi connectivity index (χ3v) is 5.01. The first-order valence-corrected chi connectivity index (χ1v) is 6.60. The van der Waals surface area contributed by atoms with Gasteiger partial charge in [-0.2, -0.15) is 0 Å². The third-order valence-electron chi connectivity index (χ3n) is 1.47. The van der Waals surface area contributed by atoms with Crippen LogP contribution >= 0.6 is 54.5 Å². The van der Waals surface area contributed by atoms with Crippen molar-refractivity contribution in [1.82, 2.24) is 0 Å². The summed E-state index contributed by atoms with van der Waals surface area (Å²) in [7, 11) is 0. The number of hydrogen-bond acceptors (Lipinski definition) is 2. The Morgan fingerprint density at radius 3 is 2.50 bits per heavy atom. The van der Waals surface area contributed by atoms with Crippen molar-refractivity contribution in [1.29, 1.82) is 0 Å². The van der Waals surface area contributed by atoms with Gasteiger partial charge in [0.1, 0.15) is 0 Å².